The molecule has 0 spiro atoms. The Labute approximate surface area is 92.6 Å². The molecule has 0 amide bonds. The van der Waals surface area contributed by atoms with Gasteiger partial charge in [0.2, 0.25) is 0 Å². The van der Waals surface area contributed by atoms with Gasteiger partial charge in [0.15, 0.2) is 0 Å². The second kappa shape index (κ2) is 4.53. The average molecular weight is 299 g/mol. The van der Waals surface area contributed by atoms with Crippen molar-refractivity contribution in [2.75, 3.05) is 0 Å². The van der Waals surface area contributed by atoms with E-state index in [9.17, 15) is 35.1 Å². The largest absolute Gasteiger partial charge is 0.418 e. The quantitative estimate of drug-likeness (QED) is 0.553. The third kappa shape index (κ3) is 3.63. The van der Waals surface area contributed by atoms with Gasteiger partial charge in [0.25, 0.3) is 5.83 Å². The van der Waals surface area contributed by atoms with Crippen LogP contribution in [0.5, 0.6) is 0 Å². The predicted molar refractivity (Wildman–Crippen MR) is 36.9 cm³/mol. The summed E-state index contributed by atoms with van der Waals surface area (Å²) in [5, 5.41) is -10.3. The lowest BCUT2D eigenvalue weighted by Crippen LogP contribution is -2.43. The zero-order valence-corrected chi connectivity index (χ0v) is 8.20. The van der Waals surface area contributed by atoms with E-state index in [0.29, 0.717) is 0 Å². The van der Waals surface area contributed by atoms with Crippen LogP contribution in [0.1, 0.15) is 0 Å². The van der Waals surface area contributed by atoms with Gasteiger partial charge < -0.3 is 0 Å². The maximum Gasteiger partial charge on any atom is 0.418 e. The monoisotopic (exact) mass is 298 g/mol. The van der Waals surface area contributed by atoms with Crippen LogP contribution in [0, 0.1) is 0 Å². The van der Waals surface area contributed by atoms with E-state index in [4.69, 9.17) is 0 Å². The topological polar surface area (TPSA) is 9.23 Å². The van der Waals surface area contributed by atoms with Crippen molar-refractivity contribution in [2.24, 2.45) is 0 Å². The third-order valence-electron chi connectivity index (χ3n) is 1.01. The highest BCUT2D eigenvalue weighted by molar-refractivity contribution is 6.31. The molecule has 0 heterocycles. The lowest BCUT2D eigenvalue weighted by Gasteiger charge is -2.26. The van der Waals surface area contributed by atoms with Crippen LogP contribution in [0.2, 0.25) is 0 Å². The smallest absolute Gasteiger partial charge is 0.257 e. The molecule has 0 bridgehead atoms. The fraction of sp³-hybridized carbons (Fsp3) is 0.600. The van der Waals surface area contributed by atoms with Crippen molar-refractivity contribution in [3.8, 4) is 0 Å². The molecule has 0 radical (unpaired) electrons. The Morgan fingerprint density at radius 3 is 1.50 bits per heavy atom. The standard InChI is InChI=1S/C5Cl2F8O/c6-4(13,14)5(7,15)16-3(11,12)1(8)2(9)10. The zero-order valence-electron chi connectivity index (χ0n) is 6.69. The van der Waals surface area contributed by atoms with Gasteiger partial charge >= 0.3 is 22.9 Å². The van der Waals surface area contributed by atoms with Gasteiger partial charge in [0, 0.05) is 0 Å². The van der Waals surface area contributed by atoms with Gasteiger partial charge in [-0.25, -0.2) is 0 Å². The van der Waals surface area contributed by atoms with Gasteiger partial charge in [-0.2, -0.15) is 35.1 Å². The van der Waals surface area contributed by atoms with Crippen molar-refractivity contribution in [3.63, 3.8) is 0 Å². The average Bonchev–Trinajstić information content (AvgIpc) is 1.98. The molecule has 0 saturated heterocycles. The number of alkyl halides is 7. The SMILES string of the molecule is FC(F)=C(F)C(F)(F)OC(F)(Cl)C(F)(F)Cl. The molecule has 1 atom stereocenters. The van der Waals surface area contributed by atoms with Crippen molar-refractivity contribution in [1.29, 1.82) is 0 Å². The van der Waals surface area contributed by atoms with Crippen molar-refractivity contribution in [2.45, 2.75) is 16.8 Å². The van der Waals surface area contributed by atoms with E-state index in [0.717, 1.165) is 0 Å². The zero-order chi connectivity index (χ0) is 13.4. The molecule has 0 rings (SSSR count). The van der Waals surface area contributed by atoms with E-state index >= 15 is 0 Å². The van der Waals surface area contributed by atoms with Crippen LogP contribution in [0.15, 0.2) is 11.9 Å². The van der Waals surface area contributed by atoms with Gasteiger partial charge in [-0.1, -0.05) is 0 Å². The first-order chi connectivity index (χ1) is 6.81. The predicted octanol–water partition coefficient (Wildman–Crippen LogP) is 4.37. The first-order valence-electron chi connectivity index (χ1n) is 3.05. The highest BCUT2D eigenvalue weighted by Gasteiger charge is 2.61. The van der Waals surface area contributed by atoms with Crippen LogP contribution in [0.25, 0.3) is 0 Å². The van der Waals surface area contributed by atoms with Gasteiger partial charge in [-0.15, -0.1) is 0 Å². The van der Waals surface area contributed by atoms with E-state index in [1.807, 2.05) is 0 Å². The summed E-state index contributed by atoms with van der Waals surface area (Å²) in [7, 11) is 0. The second-order valence-electron chi connectivity index (χ2n) is 2.21. The minimum Gasteiger partial charge on any atom is -0.257 e. The molecule has 0 saturated carbocycles. The van der Waals surface area contributed by atoms with E-state index in [2.05, 4.69) is 27.9 Å². The van der Waals surface area contributed by atoms with E-state index in [-0.39, 0.29) is 0 Å². The molecule has 1 nitrogen and oxygen atoms in total. The van der Waals surface area contributed by atoms with Gasteiger partial charge in [0.1, 0.15) is 0 Å². The molecule has 0 aliphatic heterocycles. The maximum absolute atomic E-state index is 12.5. The summed E-state index contributed by atoms with van der Waals surface area (Å²) >= 11 is 7.95. The number of hydrogen-bond donors (Lipinski definition) is 0. The van der Waals surface area contributed by atoms with Crippen molar-refractivity contribution in [1.82, 2.24) is 0 Å². The number of rotatable bonds is 4. The van der Waals surface area contributed by atoms with Crippen LogP contribution in [0.3, 0.4) is 0 Å². The molecular weight excluding hydrogens is 299 g/mol. The maximum atomic E-state index is 12.5. The molecule has 0 aromatic carbocycles. The lowest BCUT2D eigenvalue weighted by atomic mass is 10.5. The van der Waals surface area contributed by atoms with Gasteiger partial charge in [-0.05, 0) is 23.2 Å². The molecule has 0 aromatic rings. The summed E-state index contributed by atoms with van der Waals surface area (Å²) in [5.74, 6) is -3.56. The van der Waals surface area contributed by atoms with E-state index in [1.54, 1.807) is 0 Å². The first-order valence-corrected chi connectivity index (χ1v) is 3.80. The van der Waals surface area contributed by atoms with Crippen molar-refractivity contribution < 1.29 is 39.9 Å². The van der Waals surface area contributed by atoms with Gasteiger partial charge in [-0.3, -0.25) is 4.74 Å². The van der Waals surface area contributed by atoms with Crippen LogP contribution >= 0.6 is 23.2 Å². The number of hydrogen-bond acceptors (Lipinski definition) is 1. The Morgan fingerprint density at radius 1 is 0.875 bits per heavy atom. The molecule has 96 valence electrons. The lowest BCUT2D eigenvalue weighted by molar-refractivity contribution is -0.324. The fourth-order valence-electron chi connectivity index (χ4n) is 0.374. The fourth-order valence-corrected chi connectivity index (χ4v) is 0.509. The Morgan fingerprint density at radius 2 is 1.25 bits per heavy atom. The minimum atomic E-state index is -5.69. The Bertz CT molecular complexity index is 291. The Balaban J connectivity index is 5.07. The molecule has 0 N–H and O–H groups in total. The molecule has 0 aliphatic rings. The highest BCUT2D eigenvalue weighted by Crippen LogP contribution is 2.46. The van der Waals surface area contributed by atoms with Crippen LogP contribution in [0.4, 0.5) is 35.1 Å². The number of ether oxygens (including phenoxy) is 1. The van der Waals surface area contributed by atoms with Crippen LogP contribution in [-0.2, 0) is 4.74 Å². The molecule has 11 heteroatoms. The summed E-state index contributed by atoms with van der Waals surface area (Å²) in [4.78, 5) is 0. The number of halogens is 10. The first kappa shape index (κ1) is 15.7. The normalized spacial score (nSPS) is 16.9. The van der Waals surface area contributed by atoms with Crippen LogP contribution < -0.4 is 0 Å². The Kier molecular flexibility index (Phi) is 4.46. The van der Waals surface area contributed by atoms with Crippen molar-refractivity contribution >= 4 is 23.2 Å². The molecule has 0 fully saturated rings. The van der Waals surface area contributed by atoms with Crippen molar-refractivity contribution in [3.05, 3.63) is 11.9 Å². The Hall–Kier alpha value is -0.280. The molecular formula is C5Cl2F8O. The summed E-state index contributed by atoms with van der Waals surface area (Å²) in [6.07, 6.45) is -9.27. The molecule has 1 unspecified atom stereocenters. The van der Waals surface area contributed by atoms with Gasteiger partial charge in [0.05, 0.1) is 0 Å². The summed E-state index contributed by atoms with van der Waals surface area (Å²) in [5.41, 5.74) is 0. The minimum absolute atomic E-state index is 2.38. The second-order valence-corrected chi connectivity index (χ2v) is 3.17. The molecule has 0 aromatic heterocycles. The molecule has 16 heavy (non-hydrogen) atoms. The highest BCUT2D eigenvalue weighted by atomic mass is 35.5. The summed E-state index contributed by atoms with van der Waals surface area (Å²) < 4.78 is 97.9. The van der Waals surface area contributed by atoms with E-state index < -0.39 is 28.7 Å². The van der Waals surface area contributed by atoms with E-state index in [1.165, 1.54) is 0 Å². The summed E-state index contributed by atoms with van der Waals surface area (Å²) in [6.45, 7) is 0. The molecule has 0 aliphatic carbocycles. The summed E-state index contributed by atoms with van der Waals surface area (Å²) in [6, 6.07) is 0. The third-order valence-corrected chi connectivity index (χ3v) is 1.66. The van der Waals surface area contributed by atoms with Crippen LogP contribution in [-0.4, -0.2) is 16.8 Å².